The summed E-state index contributed by atoms with van der Waals surface area (Å²) in [4.78, 5) is 2.83. The normalized spacial score (nSPS) is 18.4. The van der Waals surface area contributed by atoms with E-state index in [4.69, 9.17) is 0 Å². The summed E-state index contributed by atoms with van der Waals surface area (Å²) in [5.41, 5.74) is 20.0. The molecule has 65 heavy (non-hydrogen) atoms. The molecule has 0 saturated carbocycles. The van der Waals surface area contributed by atoms with Crippen molar-refractivity contribution in [1.29, 1.82) is 0 Å². The zero-order valence-corrected chi connectivity index (χ0v) is 40.1. The Morgan fingerprint density at radius 2 is 1.11 bits per heavy atom. The molecule has 0 fully saturated rings. The standard InChI is InChI=1S/C61H55BN2S/c1-34-29-41-43(60(6,7)27-25-58(41,2)3)32-48(34)64-47-23-24-50-53(40-31-42-44(33-51(40)65-50)61(8,9)28-26-59(42,4)5)55(47)54-38-18-13-11-16-36(38)30-49-56(54)62(64)45-20-14-19-39-52-37-17-12-10-15-35(37)21-22-46(52)63(49)57(39)45/h10-24,29-33H,25-28H2,1-9H3. The minimum Gasteiger partial charge on any atom is -0.376 e. The Balaban J connectivity index is 1.19. The SMILES string of the molecule is Cc1cc2c(cc1N1B3c4c(cc5ccccc5c4-c4c1ccc1sc5cc6c(cc5c41)C(C)(C)CCC6(C)C)-n1c4ccc5ccccc5c4c4cccc3c41)C(C)(C)CCC2(C)C. The average molecular weight is 859 g/mol. The maximum atomic E-state index is 2.83. The van der Waals surface area contributed by atoms with Gasteiger partial charge in [0.1, 0.15) is 0 Å². The highest BCUT2D eigenvalue weighted by atomic mass is 32.1. The summed E-state index contributed by atoms with van der Waals surface area (Å²) in [6.07, 6.45) is 4.79. The molecule has 10 aromatic rings. The Morgan fingerprint density at radius 3 is 1.85 bits per heavy atom. The second-order valence-corrected chi connectivity index (χ2v) is 24.1. The third-order valence-electron chi connectivity index (χ3n) is 17.4. The molecule has 0 bridgehead atoms. The Hall–Kier alpha value is -5.84. The summed E-state index contributed by atoms with van der Waals surface area (Å²) in [5, 5.41) is 10.7. The van der Waals surface area contributed by atoms with Gasteiger partial charge in [-0.2, -0.15) is 0 Å². The number of hydrogen-bond donors (Lipinski definition) is 0. The van der Waals surface area contributed by atoms with E-state index in [1.54, 1.807) is 0 Å². The van der Waals surface area contributed by atoms with Gasteiger partial charge in [0.15, 0.2) is 0 Å². The highest BCUT2D eigenvalue weighted by Crippen LogP contribution is 2.56. The summed E-state index contributed by atoms with van der Waals surface area (Å²) in [6.45, 7) is 22.1. The maximum Gasteiger partial charge on any atom is 0.333 e. The number of fused-ring (bicyclic) bond motifs is 17. The predicted molar refractivity (Wildman–Crippen MR) is 283 cm³/mol. The van der Waals surface area contributed by atoms with E-state index in [2.05, 4.69) is 193 Å². The molecule has 2 aromatic heterocycles. The van der Waals surface area contributed by atoms with Crippen LogP contribution in [-0.2, 0) is 21.7 Å². The van der Waals surface area contributed by atoms with E-state index < -0.39 is 0 Å². The molecule has 0 spiro atoms. The highest BCUT2D eigenvalue weighted by molar-refractivity contribution is 7.26. The summed E-state index contributed by atoms with van der Waals surface area (Å²) < 4.78 is 5.44. The van der Waals surface area contributed by atoms with Crippen molar-refractivity contribution >= 4 is 104 Å². The molecule has 4 heteroatoms. The van der Waals surface area contributed by atoms with Gasteiger partial charge in [-0.15, -0.1) is 11.3 Å². The highest BCUT2D eigenvalue weighted by Gasteiger charge is 2.47. The molecular weight excluding hydrogens is 804 g/mol. The Bertz CT molecular complexity index is 3820. The largest absolute Gasteiger partial charge is 0.376 e. The van der Waals surface area contributed by atoms with E-state index in [0.717, 1.165) is 0 Å². The van der Waals surface area contributed by atoms with Gasteiger partial charge in [-0.25, -0.2) is 0 Å². The summed E-state index contributed by atoms with van der Waals surface area (Å²) >= 11 is 2.00. The van der Waals surface area contributed by atoms with E-state index in [0.29, 0.717) is 0 Å². The van der Waals surface area contributed by atoms with Crippen LogP contribution >= 0.6 is 11.3 Å². The minimum atomic E-state index is -0.0461. The zero-order chi connectivity index (χ0) is 44.3. The Morgan fingerprint density at radius 1 is 0.477 bits per heavy atom. The van der Waals surface area contributed by atoms with Gasteiger partial charge in [0.25, 0.3) is 0 Å². The molecule has 0 N–H and O–H groups in total. The van der Waals surface area contributed by atoms with Gasteiger partial charge in [-0.1, -0.05) is 134 Å². The molecule has 4 heterocycles. The van der Waals surface area contributed by atoms with Crippen LogP contribution in [0.15, 0.2) is 121 Å². The first-order valence-electron chi connectivity index (χ1n) is 24.1. The van der Waals surface area contributed by atoms with Gasteiger partial charge in [-0.05, 0) is 163 Å². The number of nitrogens with zero attached hydrogens (tertiary/aromatic N) is 2. The summed E-state index contributed by atoms with van der Waals surface area (Å²) in [5.74, 6) is 0. The lowest BCUT2D eigenvalue weighted by Gasteiger charge is -2.46. The summed E-state index contributed by atoms with van der Waals surface area (Å²) in [7, 11) is 0. The lowest BCUT2D eigenvalue weighted by Crippen LogP contribution is -2.60. The first kappa shape index (κ1) is 38.4. The third-order valence-corrected chi connectivity index (χ3v) is 18.5. The van der Waals surface area contributed by atoms with E-state index in [-0.39, 0.29) is 28.5 Å². The fourth-order valence-corrected chi connectivity index (χ4v) is 14.7. The lowest BCUT2D eigenvalue weighted by molar-refractivity contribution is 0.332. The van der Waals surface area contributed by atoms with Crippen molar-refractivity contribution in [3.8, 4) is 16.8 Å². The Kier molecular flexibility index (Phi) is 7.29. The van der Waals surface area contributed by atoms with Gasteiger partial charge < -0.3 is 9.38 Å². The molecule has 2 aliphatic carbocycles. The first-order chi connectivity index (χ1) is 31.1. The van der Waals surface area contributed by atoms with Crippen molar-refractivity contribution in [2.45, 2.75) is 110 Å². The molecule has 2 nitrogen and oxygen atoms in total. The van der Waals surface area contributed by atoms with Gasteiger partial charge in [-0.3, -0.25) is 0 Å². The van der Waals surface area contributed by atoms with E-state index >= 15 is 0 Å². The van der Waals surface area contributed by atoms with E-state index in [9.17, 15) is 0 Å². The van der Waals surface area contributed by atoms with Crippen LogP contribution in [0.2, 0.25) is 0 Å². The van der Waals surface area contributed by atoms with Crippen molar-refractivity contribution in [3.05, 3.63) is 149 Å². The average Bonchev–Trinajstić information content (AvgIpc) is 3.84. The van der Waals surface area contributed by atoms with Crippen LogP contribution < -0.4 is 15.7 Å². The smallest absolute Gasteiger partial charge is 0.333 e. The second kappa shape index (κ2) is 12.3. The maximum absolute atomic E-state index is 2.83. The molecule has 0 unspecified atom stereocenters. The minimum absolute atomic E-state index is 0.0461. The van der Waals surface area contributed by atoms with Crippen LogP contribution in [0.4, 0.5) is 11.4 Å². The van der Waals surface area contributed by atoms with Crippen LogP contribution in [0.25, 0.3) is 80.3 Å². The fraction of sp³-hybridized carbons (Fsp3) is 0.279. The van der Waals surface area contributed by atoms with Crippen LogP contribution in [0.5, 0.6) is 0 Å². The quantitative estimate of drug-likeness (QED) is 0.149. The number of benzene rings is 8. The summed E-state index contributed by atoms with van der Waals surface area (Å²) in [6, 6.07) is 48.2. The second-order valence-electron chi connectivity index (χ2n) is 23.0. The predicted octanol–water partition coefficient (Wildman–Crippen LogP) is 15.7. The van der Waals surface area contributed by atoms with Crippen LogP contribution in [0.3, 0.4) is 0 Å². The molecule has 0 radical (unpaired) electrons. The molecule has 14 rings (SSSR count). The van der Waals surface area contributed by atoms with Gasteiger partial charge in [0, 0.05) is 53.6 Å². The van der Waals surface area contributed by atoms with Gasteiger partial charge >= 0.3 is 6.85 Å². The topological polar surface area (TPSA) is 8.17 Å². The number of anilines is 2. The van der Waals surface area contributed by atoms with Crippen LogP contribution in [0.1, 0.15) is 109 Å². The lowest BCUT2D eigenvalue weighted by atomic mass is 9.43. The van der Waals surface area contributed by atoms with Gasteiger partial charge in [0.05, 0.1) is 11.0 Å². The van der Waals surface area contributed by atoms with Gasteiger partial charge in [0.2, 0.25) is 0 Å². The zero-order valence-electron chi connectivity index (χ0n) is 39.3. The van der Waals surface area contributed by atoms with Crippen LogP contribution in [0, 0.1) is 6.92 Å². The van der Waals surface area contributed by atoms with Crippen molar-refractivity contribution in [1.82, 2.24) is 4.57 Å². The fourth-order valence-electron chi connectivity index (χ4n) is 13.6. The number of hydrogen-bond acceptors (Lipinski definition) is 2. The molecule has 4 aliphatic rings. The number of aryl methyl sites for hydroxylation is 1. The Labute approximate surface area is 387 Å². The number of thiophene rings is 1. The molecule has 0 saturated heterocycles. The monoisotopic (exact) mass is 858 g/mol. The molecule has 0 atom stereocenters. The van der Waals surface area contributed by atoms with Crippen molar-refractivity contribution in [2.24, 2.45) is 0 Å². The van der Waals surface area contributed by atoms with Crippen LogP contribution in [-0.4, -0.2) is 11.4 Å². The number of para-hydroxylation sites is 1. The number of aromatic nitrogens is 1. The molecular formula is C61H55BN2S. The van der Waals surface area contributed by atoms with Crippen molar-refractivity contribution < 1.29 is 0 Å². The third kappa shape index (κ3) is 4.87. The molecule has 8 aromatic carbocycles. The number of rotatable bonds is 1. The van der Waals surface area contributed by atoms with E-state index in [1.807, 2.05) is 11.3 Å². The first-order valence-corrected chi connectivity index (χ1v) is 24.9. The van der Waals surface area contributed by atoms with E-state index in [1.165, 1.54) is 156 Å². The van der Waals surface area contributed by atoms with Crippen molar-refractivity contribution in [2.75, 3.05) is 4.81 Å². The molecule has 318 valence electrons. The van der Waals surface area contributed by atoms with Crippen molar-refractivity contribution in [3.63, 3.8) is 0 Å². The molecule has 2 aliphatic heterocycles. The molecule has 0 amide bonds.